The number of rotatable bonds is 6. The Morgan fingerprint density at radius 2 is 1.96 bits per heavy atom. The third kappa shape index (κ3) is 3.58. The summed E-state index contributed by atoms with van der Waals surface area (Å²) in [5.41, 5.74) is 1.78. The largest absolute Gasteiger partial charge is 0.504 e. The highest BCUT2D eigenvalue weighted by molar-refractivity contribution is 6.39. The van der Waals surface area contributed by atoms with Crippen molar-refractivity contribution in [1.82, 2.24) is 25.3 Å². The number of nitrogens with zero attached hydrogens (tertiary/aromatic N) is 4. The lowest BCUT2D eigenvalue weighted by Crippen LogP contribution is -2.14. The number of benzene rings is 1. The maximum absolute atomic E-state index is 12.2. The number of fused-ring (bicyclic) bond motifs is 1. The van der Waals surface area contributed by atoms with Crippen LogP contribution in [0.2, 0.25) is 10.0 Å². The van der Waals surface area contributed by atoms with Gasteiger partial charge in [-0.3, -0.25) is 0 Å². The van der Waals surface area contributed by atoms with Crippen molar-refractivity contribution in [3.8, 4) is 5.75 Å². The molecular formula is C15H14Cl2FN5O. The number of alkyl halides is 1. The lowest BCUT2D eigenvalue weighted by molar-refractivity contribution is 0.422. The summed E-state index contributed by atoms with van der Waals surface area (Å²) in [4.78, 5) is 4.39. The molecule has 0 saturated heterocycles. The zero-order chi connectivity index (χ0) is 17.1. The number of aromatic hydroxyl groups is 1. The topological polar surface area (TPSA) is 75.9 Å². The number of halogens is 3. The highest BCUT2D eigenvalue weighted by atomic mass is 35.5. The van der Waals surface area contributed by atoms with Crippen LogP contribution in [0.4, 0.5) is 4.39 Å². The van der Waals surface area contributed by atoms with Gasteiger partial charge in [0.05, 0.1) is 28.0 Å². The van der Waals surface area contributed by atoms with Crippen molar-refractivity contribution < 1.29 is 9.50 Å². The van der Waals surface area contributed by atoms with Crippen molar-refractivity contribution in [2.45, 2.75) is 19.6 Å². The number of aryl methyl sites for hydroxylation is 1. The van der Waals surface area contributed by atoms with Gasteiger partial charge in [0.2, 0.25) is 0 Å². The summed E-state index contributed by atoms with van der Waals surface area (Å²) >= 11 is 12.0. The van der Waals surface area contributed by atoms with Crippen LogP contribution in [0.15, 0.2) is 24.4 Å². The van der Waals surface area contributed by atoms with E-state index >= 15 is 0 Å². The zero-order valence-electron chi connectivity index (χ0n) is 12.5. The van der Waals surface area contributed by atoms with Gasteiger partial charge in [0.1, 0.15) is 12.2 Å². The highest BCUT2D eigenvalue weighted by Gasteiger charge is 2.11. The smallest absolute Gasteiger partial charge is 0.160 e. The molecule has 2 N–H and O–H groups in total. The molecule has 0 amide bonds. The summed E-state index contributed by atoms with van der Waals surface area (Å²) in [6, 6.07) is 5.09. The minimum absolute atomic E-state index is 0.0907. The minimum atomic E-state index is -0.480. The van der Waals surface area contributed by atoms with Gasteiger partial charge in [-0.25, -0.2) is 14.1 Å². The van der Waals surface area contributed by atoms with Crippen molar-refractivity contribution in [3.63, 3.8) is 0 Å². The lowest BCUT2D eigenvalue weighted by atomic mass is 10.2. The summed E-state index contributed by atoms with van der Waals surface area (Å²) in [7, 11) is 0. The Hall–Kier alpha value is -1.96. The molecule has 3 aromatic rings. The van der Waals surface area contributed by atoms with Crippen LogP contribution in [0.1, 0.15) is 11.4 Å². The highest BCUT2D eigenvalue weighted by Crippen LogP contribution is 2.36. The third-order valence-corrected chi connectivity index (χ3v) is 4.03. The number of hydrogen-bond acceptors (Lipinski definition) is 5. The normalized spacial score (nSPS) is 11.3. The summed E-state index contributed by atoms with van der Waals surface area (Å²) in [5.74, 6) is -0.0907. The van der Waals surface area contributed by atoms with Crippen LogP contribution in [0.5, 0.6) is 5.75 Å². The first kappa shape index (κ1) is 16.9. The van der Waals surface area contributed by atoms with E-state index in [1.807, 2.05) is 6.07 Å². The maximum atomic E-state index is 12.2. The number of nitrogens with one attached hydrogen (secondary N) is 1. The van der Waals surface area contributed by atoms with E-state index < -0.39 is 6.67 Å². The molecule has 6 nitrogen and oxygen atoms in total. The fourth-order valence-corrected chi connectivity index (χ4v) is 2.79. The molecule has 0 aliphatic carbocycles. The number of phenols is 1. The van der Waals surface area contributed by atoms with Crippen molar-refractivity contribution in [2.75, 3.05) is 6.67 Å². The summed E-state index contributed by atoms with van der Waals surface area (Å²) in [6.45, 7) is 0.635. The van der Waals surface area contributed by atoms with Crippen molar-refractivity contribution >= 4 is 34.1 Å². The molecule has 0 bridgehead atoms. The molecule has 0 aliphatic heterocycles. The predicted molar refractivity (Wildman–Crippen MR) is 90.0 cm³/mol. The number of hydrogen-bond donors (Lipinski definition) is 2. The SMILES string of the molecule is Oc1c(Cl)cc(Cl)c2ccc(CNCc3cn(CCF)nn3)nc12. The molecule has 0 saturated carbocycles. The molecule has 0 fully saturated rings. The summed E-state index contributed by atoms with van der Waals surface area (Å²) in [6.07, 6.45) is 1.69. The van der Waals surface area contributed by atoms with Crippen LogP contribution in [-0.2, 0) is 19.6 Å². The van der Waals surface area contributed by atoms with Crippen molar-refractivity contribution in [1.29, 1.82) is 0 Å². The molecule has 126 valence electrons. The Morgan fingerprint density at radius 3 is 2.75 bits per heavy atom. The lowest BCUT2D eigenvalue weighted by Gasteiger charge is -2.08. The fraction of sp³-hybridized carbons (Fsp3) is 0.267. The van der Waals surface area contributed by atoms with Gasteiger partial charge in [-0.1, -0.05) is 28.4 Å². The van der Waals surface area contributed by atoms with E-state index in [9.17, 15) is 9.50 Å². The maximum Gasteiger partial charge on any atom is 0.160 e. The molecule has 2 heterocycles. The van der Waals surface area contributed by atoms with E-state index in [0.717, 1.165) is 0 Å². The van der Waals surface area contributed by atoms with Crippen LogP contribution in [0, 0.1) is 0 Å². The van der Waals surface area contributed by atoms with Crippen LogP contribution in [0.3, 0.4) is 0 Å². The molecule has 24 heavy (non-hydrogen) atoms. The van der Waals surface area contributed by atoms with Gasteiger partial charge in [0, 0.05) is 24.7 Å². The van der Waals surface area contributed by atoms with Gasteiger partial charge in [-0.2, -0.15) is 0 Å². The first-order valence-corrected chi connectivity index (χ1v) is 7.96. The Bertz CT molecular complexity index is 870. The van der Waals surface area contributed by atoms with E-state index in [1.165, 1.54) is 10.7 Å². The summed E-state index contributed by atoms with van der Waals surface area (Å²) in [5, 5.41) is 22.2. The molecule has 0 radical (unpaired) electrons. The monoisotopic (exact) mass is 369 g/mol. The van der Waals surface area contributed by atoms with Gasteiger partial charge < -0.3 is 10.4 Å². The van der Waals surface area contributed by atoms with Crippen LogP contribution in [0.25, 0.3) is 10.9 Å². The molecule has 0 unspecified atom stereocenters. The van der Waals surface area contributed by atoms with Gasteiger partial charge in [0.25, 0.3) is 0 Å². The van der Waals surface area contributed by atoms with Gasteiger partial charge >= 0.3 is 0 Å². The number of pyridine rings is 1. The van der Waals surface area contributed by atoms with Gasteiger partial charge in [0.15, 0.2) is 5.75 Å². The van der Waals surface area contributed by atoms with E-state index in [4.69, 9.17) is 23.2 Å². The van der Waals surface area contributed by atoms with E-state index in [1.54, 1.807) is 12.3 Å². The Labute approximate surface area is 147 Å². The number of phenolic OH excluding ortho intramolecular Hbond substituents is 1. The molecule has 0 aliphatic rings. The van der Waals surface area contributed by atoms with Crippen molar-refractivity contribution in [2.24, 2.45) is 0 Å². The molecular weight excluding hydrogens is 356 g/mol. The Kier molecular flexibility index (Phi) is 5.13. The second kappa shape index (κ2) is 7.29. The third-order valence-electron chi connectivity index (χ3n) is 3.43. The summed E-state index contributed by atoms with van der Waals surface area (Å²) < 4.78 is 13.7. The standard InChI is InChI=1S/C15H14Cl2FN5O/c16-12-5-13(17)15(24)14-11(12)2-1-9(20-14)6-19-7-10-8-23(4-3-18)22-21-10/h1-2,5,8,19,24H,3-4,6-7H2. The second-order valence-corrected chi connectivity index (χ2v) is 5.97. The molecule has 1 aromatic carbocycles. The van der Waals surface area contributed by atoms with Gasteiger partial charge in [-0.15, -0.1) is 5.10 Å². The quantitative estimate of drug-likeness (QED) is 0.698. The zero-order valence-corrected chi connectivity index (χ0v) is 14.0. The molecule has 0 spiro atoms. The average molecular weight is 370 g/mol. The fourth-order valence-electron chi connectivity index (χ4n) is 2.28. The Balaban J connectivity index is 1.70. The average Bonchev–Trinajstić information content (AvgIpc) is 3.00. The van der Waals surface area contributed by atoms with E-state index in [-0.39, 0.29) is 17.3 Å². The predicted octanol–water partition coefficient (Wildman–Crippen LogP) is 3.10. The minimum Gasteiger partial charge on any atom is -0.504 e. The Morgan fingerprint density at radius 1 is 1.17 bits per heavy atom. The first-order chi connectivity index (χ1) is 11.6. The van der Waals surface area contributed by atoms with Gasteiger partial charge in [-0.05, 0) is 18.2 Å². The second-order valence-electron chi connectivity index (χ2n) is 5.15. The molecule has 0 atom stereocenters. The molecule has 3 rings (SSSR count). The van der Waals surface area contributed by atoms with Crippen molar-refractivity contribution in [3.05, 3.63) is 45.8 Å². The molecule has 2 aromatic heterocycles. The van der Waals surface area contributed by atoms with E-state index in [0.29, 0.717) is 40.4 Å². The first-order valence-electron chi connectivity index (χ1n) is 7.21. The van der Waals surface area contributed by atoms with Crippen LogP contribution >= 0.6 is 23.2 Å². The van der Waals surface area contributed by atoms with Crippen LogP contribution in [-0.4, -0.2) is 31.8 Å². The van der Waals surface area contributed by atoms with E-state index in [2.05, 4.69) is 20.6 Å². The number of aromatic nitrogens is 4. The molecule has 9 heteroatoms. The van der Waals surface area contributed by atoms with Crippen LogP contribution < -0.4 is 5.32 Å².